The number of hydrogen-bond donors (Lipinski definition) is 1. The van der Waals surface area contributed by atoms with Crippen LogP contribution in [0.1, 0.15) is 52.0 Å². The van der Waals surface area contributed by atoms with Crippen molar-refractivity contribution in [3.05, 3.63) is 48.3 Å². The highest BCUT2D eigenvalue weighted by Gasteiger charge is 2.39. The number of rotatable bonds is 9. The number of aromatic nitrogens is 1. The topological polar surface area (TPSA) is 59.4 Å². The van der Waals surface area contributed by atoms with Crippen LogP contribution in [0.3, 0.4) is 0 Å². The molecule has 0 aliphatic heterocycles. The van der Waals surface area contributed by atoms with Gasteiger partial charge in [-0.25, -0.2) is 0 Å². The Hall–Kier alpha value is -2.36. The van der Waals surface area contributed by atoms with Crippen LogP contribution in [-0.2, 0) is 10.2 Å². The Labute approximate surface area is 161 Å². The molecule has 144 valence electrons. The summed E-state index contributed by atoms with van der Waals surface area (Å²) in [5, 5.41) is 10.1. The van der Waals surface area contributed by atoms with Gasteiger partial charge in [-0.2, -0.15) is 0 Å². The largest absolute Gasteiger partial charge is 0.493 e. The van der Waals surface area contributed by atoms with Gasteiger partial charge in [-0.15, -0.1) is 0 Å². The minimum Gasteiger partial charge on any atom is -0.493 e. The molecule has 1 aromatic carbocycles. The van der Waals surface area contributed by atoms with Crippen LogP contribution in [0.25, 0.3) is 11.1 Å². The second-order valence-electron chi connectivity index (χ2n) is 8.04. The summed E-state index contributed by atoms with van der Waals surface area (Å²) in [7, 11) is 0. The van der Waals surface area contributed by atoms with Crippen LogP contribution in [0.4, 0.5) is 0 Å². The Bertz CT molecular complexity index is 783. The quantitative estimate of drug-likeness (QED) is 0.652. The molecule has 0 radical (unpaired) electrons. The van der Waals surface area contributed by atoms with E-state index in [9.17, 15) is 9.90 Å². The van der Waals surface area contributed by atoms with Crippen molar-refractivity contribution in [2.24, 2.45) is 11.8 Å². The molecular weight excluding hydrogens is 338 g/mol. The van der Waals surface area contributed by atoms with Crippen molar-refractivity contribution in [3.8, 4) is 16.9 Å². The van der Waals surface area contributed by atoms with Gasteiger partial charge in [0.2, 0.25) is 0 Å². The van der Waals surface area contributed by atoms with Gasteiger partial charge >= 0.3 is 5.97 Å². The number of ether oxygens (including phenoxy) is 1. The van der Waals surface area contributed by atoms with Gasteiger partial charge in [0.25, 0.3) is 0 Å². The predicted octanol–water partition coefficient (Wildman–Crippen LogP) is 5.32. The van der Waals surface area contributed by atoms with Gasteiger partial charge in [0.1, 0.15) is 5.75 Å². The number of carbonyl (C=O) groups is 1. The average Bonchev–Trinajstić information content (AvgIpc) is 3.49. The van der Waals surface area contributed by atoms with Crippen molar-refractivity contribution in [1.82, 2.24) is 4.98 Å². The van der Waals surface area contributed by atoms with Crippen LogP contribution >= 0.6 is 0 Å². The molecule has 1 atom stereocenters. The number of carboxylic acids is 1. The number of carboxylic acid groups (broad SMARTS) is 1. The fourth-order valence-electron chi connectivity index (χ4n) is 3.73. The molecule has 1 fully saturated rings. The maximum Gasteiger partial charge on any atom is 0.314 e. The zero-order valence-corrected chi connectivity index (χ0v) is 16.4. The molecule has 1 N–H and O–H groups in total. The van der Waals surface area contributed by atoms with Crippen LogP contribution in [0.15, 0.2) is 42.7 Å². The zero-order valence-electron chi connectivity index (χ0n) is 16.4. The third-order valence-corrected chi connectivity index (χ3v) is 5.46. The van der Waals surface area contributed by atoms with Crippen LogP contribution in [0, 0.1) is 11.8 Å². The van der Waals surface area contributed by atoms with Gasteiger partial charge in [-0.05, 0) is 72.9 Å². The van der Waals surface area contributed by atoms with Gasteiger partial charge in [0.05, 0.1) is 12.0 Å². The van der Waals surface area contributed by atoms with Crippen molar-refractivity contribution >= 4 is 5.97 Å². The molecular formula is C23H29NO3. The molecule has 1 aliphatic rings. The van der Waals surface area contributed by atoms with Crippen molar-refractivity contribution < 1.29 is 14.6 Å². The normalized spacial score (nSPS) is 16.1. The third kappa shape index (κ3) is 4.32. The number of pyridine rings is 1. The summed E-state index contributed by atoms with van der Waals surface area (Å²) in [4.78, 5) is 16.4. The number of benzene rings is 1. The second-order valence-corrected chi connectivity index (χ2v) is 8.04. The Morgan fingerprint density at radius 1 is 1.26 bits per heavy atom. The molecule has 0 saturated heterocycles. The fraction of sp³-hybridized carbons (Fsp3) is 0.478. The first-order valence-electron chi connectivity index (χ1n) is 9.87. The molecule has 2 aromatic rings. The monoisotopic (exact) mass is 367 g/mol. The molecule has 3 rings (SSSR count). The lowest BCUT2D eigenvalue weighted by molar-refractivity contribution is -0.144. The van der Waals surface area contributed by atoms with E-state index in [1.54, 1.807) is 12.4 Å². The van der Waals surface area contributed by atoms with E-state index in [2.05, 4.69) is 18.8 Å². The van der Waals surface area contributed by atoms with E-state index in [1.807, 2.05) is 37.3 Å². The maximum absolute atomic E-state index is 12.3. The molecule has 1 heterocycles. The highest BCUT2D eigenvalue weighted by atomic mass is 16.5. The van der Waals surface area contributed by atoms with Crippen LogP contribution < -0.4 is 4.74 Å². The Morgan fingerprint density at radius 2 is 1.96 bits per heavy atom. The molecule has 1 saturated carbocycles. The number of nitrogens with zero attached hydrogens (tertiary/aromatic N) is 1. The lowest BCUT2D eigenvalue weighted by Crippen LogP contribution is -2.36. The van der Waals surface area contributed by atoms with Crippen molar-refractivity contribution in [2.45, 2.75) is 51.9 Å². The summed E-state index contributed by atoms with van der Waals surface area (Å²) in [5.74, 6) is 1.00. The summed E-state index contributed by atoms with van der Waals surface area (Å²) >= 11 is 0. The second kappa shape index (κ2) is 8.12. The first-order valence-corrected chi connectivity index (χ1v) is 9.87. The van der Waals surface area contributed by atoms with Crippen molar-refractivity contribution in [1.29, 1.82) is 0 Å². The number of hydrogen-bond acceptors (Lipinski definition) is 3. The molecule has 1 aliphatic carbocycles. The Morgan fingerprint density at radius 3 is 2.52 bits per heavy atom. The molecule has 1 aromatic heterocycles. The van der Waals surface area contributed by atoms with Crippen molar-refractivity contribution in [3.63, 3.8) is 0 Å². The molecule has 27 heavy (non-hydrogen) atoms. The molecule has 4 heteroatoms. The summed E-state index contributed by atoms with van der Waals surface area (Å²) in [6.07, 6.45) is 7.13. The van der Waals surface area contributed by atoms with Crippen LogP contribution in [-0.4, -0.2) is 22.7 Å². The maximum atomic E-state index is 12.3. The van der Waals surface area contributed by atoms with Gasteiger partial charge in [-0.3, -0.25) is 9.78 Å². The van der Waals surface area contributed by atoms with Gasteiger partial charge in [0, 0.05) is 18.0 Å². The van der Waals surface area contributed by atoms with E-state index in [0.29, 0.717) is 18.8 Å². The van der Waals surface area contributed by atoms with E-state index < -0.39 is 11.4 Å². The van der Waals surface area contributed by atoms with E-state index in [0.717, 1.165) is 29.0 Å². The van der Waals surface area contributed by atoms with Crippen molar-refractivity contribution in [2.75, 3.05) is 6.61 Å². The average molecular weight is 367 g/mol. The van der Waals surface area contributed by atoms with Gasteiger partial charge in [-0.1, -0.05) is 26.8 Å². The van der Waals surface area contributed by atoms with E-state index in [4.69, 9.17) is 4.74 Å². The third-order valence-electron chi connectivity index (χ3n) is 5.46. The first-order chi connectivity index (χ1) is 13.0. The van der Waals surface area contributed by atoms with Crippen LogP contribution in [0.2, 0.25) is 0 Å². The Kier molecular flexibility index (Phi) is 5.83. The standard InChI is InChI=1S/C23H29NO3/c1-4-23(22(25)26,14-16(2)3)19-7-8-21(27-15-17-5-6-17)20(13-19)18-9-11-24-12-10-18/h7-13,16-17H,4-6,14-15H2,1-3H3,(H,25,26). The molecule has 4 nitrogen and oxygen atoms in total. The fourth-order valence-corrected chi connectivity index (χ4v) is 3.73. The van der Waals surface area contributed by atoms with Gasteiger partial charge in [0.15, 0.2) is 0 Å². The summed E-state index contributed by atoms with van der Waals surface area (Å²) < 4.78 is 6.09. The predicted molar refractivity (Wildman–Crippen MR) is 107 cm³/mol. The summed E-state index contributed by atoms with van der Waals surface area (Å²) in [6, 6.07) is 9.78. The SMILES string of the molecule is CCC(CC(C)C)(C(=O)O)c1ccc(OCC2CC2)c(-c2ccncc2)c1. The van der Waals surface area contributed by atoms with Gasteiger partial charge < -0.3 is 9.84 Å². The molecule has 0 amide bonds. The van der Waals surface area contributed by atoms with E-state index in [-0.39, 0.29) is 5.92 Å². The minimum atomic E-state index is -0.884. The molecule has 1 unspecified atom stereocenters. The summed E-state index contributed by atoms with van der Waals surface area (Å²) in [6.45, 7) is 6.83. The van der Waals surface area contributed by atoms with Crippen LogP contribution in [0.5, 0.6) is 5.75 Å². The lowest BCUT2D eigenvalue weighted by Gasteiger charge is -2.31. The zero-order chi connectivity index (χ0) is 19.4. The first kappa shape index (κ1) is 19.4. The Balaban J connectivity index is 2.06. The highest BCUT2D eigenvalue weighted by molar-refractivity contribution is 5.83. The smallest absolute Gasteiger partial charge is 0.314 e. The molecule has 0 bridgehead atoms. The highest BCUT2D eigenvalue weighted by Crippen LogP contribution is 2.40. The molecule has 0 spiro atoms. The van der Waals surface area contributed by atoms with E-state index >= 15 is 0 Å². The van der Waals surface area contributed by atoms with E-state index in [1.165, 1.54) is 12.8 Å². The number of aliphatic carboxylic acids is 1. The minimum absolute atomic E-state index is 0.288. The summed E-state index contributed by atoms with van der Waals surface area (Å²) in [5.41, 5.74) is 1.90. The lowest BCUT2D eigenvalue weighted by atomic mass is 9.72.